The number of ether oxygens (including phenoxy) is 1. The van der Waals surface area contributed by atoms with E-state index in [4.69, 9.17) is 14.7 Å². The van der Waals surface area contributed by atoms with Gasteiger partial charge in [-0.1, -0.05) is 24.3 Å². The van der Waals surface area contributed by atoms with E-state index in [2.05, 4.69) is 38.7 Å². The van der Waals surface area contributed by atoms with Crippen LogP contribution in [0.15, 0.2) is 30.5 Å². The predicted octanol–water partition coefficient (Wildman–Crippen LogP) is 1.69. The highest BCUT2D eigenvalue weighted by Gasteiger charge is 2.24. The monoisotopic (exact) mass is 293 g/mol. The Morgan fingerprint density at radius 2 is 1.91 bits per heavy atom. The molecule has 1 saturated heterocycles. The van der Waals surface area contributed by atoms with Crippen molar-refractivity contribution in [3.8, 4) is 11.4 Å². The standard InChI is InChI=1S/C16H15N5O/c1-2-4-12-11(3-1)10-21-14(12)18-13-9-17-16(19-15(13)21)20-5-7-22-8-6-20/h1-4,9H,5-8,10H2. The summed E-state index contributed by atoms with van der Waals surface area (Å²) in [6.07, 6.45) is 1.83. The summed E-state index contributed by atoms with van der Waals surface area (Å²) in [4.78, 5) is 16.1. The van der Waals surface area contributed by atoms with Gasteiger partial charge in [0.25, 0.3) is 0 Å². The van der Waals surface area contributed by atoms with Crippen LogP contribution in [-0.4, -0.2) is 45.8 Å². The zero-order valence-electron chi connectivity index (χ0n) is 12.1. The molecule has 0 atom stereocenters. The van der Waals surface area contributed by atoms with Crippen molar-refractivity contribution >= 4 is 17.1 Å². The molecule has 6 nitrogen and oxygen atoms in total. The number of hydrogen-bond donors (Lipinski definition) is 0. The van der Waals surface area contributed by atoms with E-state index in [0.717, 1.165) is 55.8 Å². The third kappa shape index (κ3) is 1.67. The van der Waals surface area contributed by atoms with Gasteiger partial charge in [0.1, 0.15) is 11.3 Å². The fourth-order valence-electron chi connectivity index (χ4n) is 3.23. The molecule has 1 fully saturated rings. The van der Waals surface area contributed by atoms with Crippen LogP contribution in [0.2, 0.25) is 0 Å². The average Bonchev–Trinajstić information content (AvgIpc) is 3.11. The Bertz CT molecular complexity index is 866. The van der Waals surface area contributed by atoms with E-state index in [9.17, 15) is 0 Å². The Kier molecular flexibility index (Phi) is 2.48. The number of hydrogen-bond acceptors (Lipinski definition) is 5. The first-order valence-corrected chi connectivity index (χ1v) is 7.54. The van der Waals surface area contributed by atoms with Crippen molar-refractivity contribution in [2.45, 2.75) is 6.54 Å². The molecular weight excluding hydrogens is 278 g/mol. The molecule has 0 bridgehead atoms. The summed E-state index contributed by atoms with van der Waals surface area (Å²) in [5.74, 6) is 1.77. The number of benzene rings is 1. The van der Waals surface area contributed by atoms with Gasteiger partial charge in [-0.2, -0.15) is 4.98 Å². The highest BCUT2D eigenvalue weighted by Crippen LogP contribution is 2.33. The number of anilines is 1. The van der Waals surface area contributed by atoms with Gasteiger partial charge in [0, 0.05) is 18.7 Å². The van der Waals surface area contributed by atoms with E-state index in [1.54, 1.807) is 0 Å². The van der Waals surface area contributed by atoms with Gasteiger partial charge >= 0.3 is 0 Å². The van der Waals surface area contributed by atoms with Gasteiger partial charge in [-0.3, -0.25) is 0 Å². The van der Waals surface area contributed by atoms with Crippen molar-refractivity contribution in [3.63, 3.8) is 0 Å². The fraction of sp³-hybridized carbons (Fsp3) is 0.312. The summed E-state index contributed by atoms with van der Waals surface area (Å²) in [5.41, 5.74) is 4.29. The van der Waals surface area contributed by atoms with Crippen molar-refractivity contribution in [1.82, 2.24) is 19.5 Å². The molecule has 2 aromatic heterocycles. The fourth-order valence-corrected chi connectivity index (χ4v) is 3.23. The van der Waals surface area contributed by atoms with Gasteiger partial charge in [-0.15, -0.1) is 0 Å². The van der Waals surface area contributed by atoms with Crippen LogP contribution < -0.4 is 4.90 Å². The Labute approximate surface area is 127 Å². The molecule has 2 aliphatic rings. The molecule has 0 N–H and O–H groups in total. The molecule has 0 amide bonds. The summed E-state index contributed by atoms with van der Waals surface area (Å²) in [5, 5.41) is 0. The summed E-state index contributed by atoms with van der Waals surface area (Å²) in [6, 6.07) is 8.40. The number of imidazole rings is 1. The first-order valence-electron chi connectivity index (χ1n) is 7.54. The molecule has 22 heavy (non-hydrogen) atoms. The Morgan fingerprint density at radius 3 is 2.82 bits per heavy atom. The molecule has 5 rings (SSSR count). The minimum Gasteiger partial charge on any atom is -0.378 e. The lowest BCUT2D eigenvalue weighted by molar-refractivity contribution is 0.122. The second-order valence-electron chi connectivity index (χ2n) is 5.66. The maximum atomic E-state index is 5.40. The lowest BCUT2D eigenvalue weighted by atomic mass is 10.1. The van der Waals surface area contributed by atoms with Crippen molar-refractivity contribution < 1.29 is 4.74 Å². The third-order valence-electron chi connectivity index (χ3n) is 4.36. The molecule has 2 aliphatic heterocycles. The van der Waals surface area contributed by atoms with Gasteiger partial charge in [-0.05, 0) is 5.56 Å². The second-order valence-corrected chi connectivity index (χ2v) is 5.66. The largest absolute Gasteiger partial charge is 0.378 e. The first kappa shape index (κ1) is 12.1. The van der Waals surface area contributed by atoms with E-state index < -0.39 is 0 Å². The number of morpholine rings is 1. The summed E-state index contributed by atoms with van der Waals surface area (Å²) in [7, 11) is 0. The van der Waals surface area contributed by atoms with Crippen LogP contribution in [0.25, 0.3) is 22.6 Å². The zero-order chi connectivity index (χ0) is 14.5. The highest BCUT2D eigenvalue weighted by molar-refractivity contribution is 5.80. The smallest absolute Gasteiger partial charge is 0.227 e. The van der Waals surface area contributed by atoms with Gasteiger partial charge in [0.2, 0.25) is 5.95 Å². The minimum atomic E-state index is 0.733. The normalized spacial score (nSPS) is 16.8. The minimum absolute atomic E-state index is 0.733. The van der Waals surface area contributed by atoms with Crippen molar-refractivity contribution in [1.29, 1.82) is 0 Å². The van der Waals surface area contributed by atoms with Crippen LogP contribution in [0, 0.1) is 0 Å². The highest BCUT2D eigenvalue weighted by atomic mass is 16.5. The Balaban J connectivity index is 1.63. The number of aromatic nitrogens is 4. The second kappa shape index (κ2) is 4.51. The predicted molar refractivity (Wildman–Crippen MR) is 82.9 cm³/mol. The topological polar surface area (TPSA) is 56.1 Å². The lowest BCUT2D eigenvalue weighted by Crippen LogP contribution is -2.37. The molecule has 4 heterocycles. The van der Waals surface area contributed by atoms with Gasteiger partial charge in [-0.25, -0.2) is 9.97 Å². The van der Waals surface area contributed by atoms with Crippen molar-refractivity contribution in [2.24, 2.45) is 0 Å². The maximum absolute atomic E-state index is 5.40. The number of rotatable bonds is 1. The summed E-state index contributed by atoms with van der Waals surface area (Å²) < 4.78 is 7.58. The van der Waals surface area contributed by atoms with Crippen LogP contribution in [0.1, 0.15) is 5.56 Å². The quantitative estimate of drug-likeness (QED) is 0.534. The number of nitrogens with zero attached hydrogens (tertiary/aromatic N) is 5. The molecule has 0 spiro atoms. The molecule has 0 radical (unpaired) electrons. The third-order valence-corrected chi connectivity index (χ3v) is 4.36. The Morgan fingerprint density at radius 1 is 1.05 bits per heavy atom. The van der Waals surface area contributed by atoms with E-state index in [-0.39, 0.29) is 0 Å². The molecular formula is C16H15N5O. The molecule has 3 aromatic rings. The molecule has 6 heteroatoms. The lowest BCUT2D eigenvalue weighted by Gasteiger charge is -2.26. The van der Waals surface area contributed by atoms with Crippen LogP contribution in [0.5, 0.6) is 0 Å². The Hall–Kier alpha value is -2.47. The maximum Gasteiger partial charge on any atom is 0.227 e. The molecule has 0 unspecified atom stereocenters. The summed E-state index contributed by atoms with van der Waals surface area (Å²) in [6.45, 7) is 3.98. The van der Waals surface area contributed by atoms with Gasteiger partial charge < -0.3 is 14.2 Å². The van der Waals surface area contributed by atoms with Crippen molar-refractivity contribution in [3.05, 3.63) is 36.0 Å². The van der Waals surface area contributed by atoms with Crippen LogP contribution >= 0.6 is 0 Å². The molecule has 1 aromatic carbocycles. The van der Waals surface area contributed by atoms with Crippen LogP contribution in [0.4, 0.5) is 5.95 Å². The number of fused-ring (bicyclic) bond motifs is 5. The van der Waals surface area contributed by atoms with Crippen molar-refractivity contribution in [2.75, 3.05) is 31.2 Å². The van der Waals surface area contributed by atoms with E-state index in [0.29, 0.717) is 0 Å². The first-order chi connectivity index (χ1) is 10.9. The van der Waals surface area contributed by atoms with Crippen LogP contribution in [-0.2, 0) is 11.3 Å². The van der Waals surface area contributed by atoms with Gasteiger partial charge in [0.15, 0.2) is 5.65 Å². The van der Waals surface area contributed by atoms with E-state index in [1.165, 1.54) is 11.1 Å². The average molecular weight is 293 g/mol. The van der Waals surface area contributed by atoms with E-state index in [1.807, 2.05) is 6.20 Å². The van der Waals surface area contributed by atoms with Gasteiger partial charge in [0.05, 0.1) is 26.0 Å². The van der Waals surface area contributed by atoms with E-state index >= 15 is 0 Å². The zero-order valence-corrected chi connectivity index (χ0v) is 12.1. The summed E-state index contributed by atoms with van der Waals surface area (Å²) >= 11 is 0. The molecule has 0 saturated carbocycles. The SMILES string of the molecule is c1ccc2c(c1)Cn1c-2nc2cnc(N3CCOCC3)nc21. The molecule has 0 aliphatic carbocycles. The van der Waals surface area contributed by atoms with Crippen LogP contribution in [0.3, 0.4) is 0 Å². The molecule has 110 valence electrons.